The largest absolute Gasteiger partial charge is 0.378 e. The molecule has 8 heteroatoms. The molecule has 3 heterocycles. The van der Waals surface area contributed by atoms with Crippen molar-refractivity contribution in [3.8, 4) is 0 Å². The van der Waals surface area contributed by atoms with Crippen molar-refractivity contribution in [3.05, 3.63) is 11.5 Å². The molecule has 0 aromatic carbocycles. The molecule has 0 aliphatic carbocycles. The highest BCUT2D eigenvalue weighted by molar-refractivity contribution is 6.28. The summed E-state index contributed by atoms with van der Waals surface area (Å²) in [5, 5.41) is 10.9. The minimum atomic E-state index is -0.312. The Kier molecular flexibility index (Phi) is 3.26. The zero-order valence-electron chi connectivity index (χ0n) is 10.4. The third-order valence-electron chi connectivity index (χ3n) is 3.36. The first-order valence-electron chi connectivity index (χ1n) is 5.96. The molecule has 2 aromatic heterocycles. The van der Waals surface area contributed by atoms with Crippen LogP contribution in [0.1, 0.15) is 6.42 Å². The summed E-state index contributed by atoms with van der Waals surface area (Å²) < 4.78 is 11.0. The molecule has 1 unspecified atom stereocenters. The molecule has 19 heavy (non-hydrogen) atoms. The quantitative estimate of drug-likeness (QED) is 0.821. The van der Waals surface area contributed by atoms with Crippen LogP contribution in [0.3, 0.4) is 0 Å². The average molecular weight is 284 g/mol. The highest BCUT2D eigenvalue weighted by Gasteiger charge is 2.35. The summed E-state index contributed by atoms with van der Waals surface area (Å²) in [5.74, 6) is 0.645. The van der Waals surface area contributed by atoms with Gasteiger partial charge in [-0.1, -0.05) is 0 Å². The van der Waals surface area contributed by atoms with Gasteiger partial charge < -0.3 is 14.8 Å². The fourth-order valence-electron chi connectivity index (χ4n) is 2.15. The van der Waals surface area contributed by atoms with Crippen molar-refractivity contribution in [1.29, 1.82) is 0 Å². The highest BCUT2D eigenvalue weighted by Crippen LogP contribution is 2.25. The molecule has 0 saturated carbocycles. The molecule has 1 fully saturated rings. The Morgan fingerprint density at radius 2 is 2.47 bits per heavy atom. The lowest BCUT2D eigenvalue weighted by molar-refractivity contribution is -0.00623. The van der Waals surface area contributed by atoms with E-state index in [1.165, 1.54) is 0 Å². The second kappa shape index (κ2) is 4.92. The number of halogens is 1. The van der Waals surface area contributed by atoms with Crippen LogP contribution in [0.25, 0.3) is 11.0 Å². The summed E-state index contributed by atoms with van der Waals surface area (Å²) in [6, 6.07) is 0. The Balaban J connectivity index is 1.83. The maximum Gasteiger partial charge on any atom is 0.226 e. The Hall–Kier alpha value is -1.44. The van der Waals surface area contributed by atoms with Crippen molar-refractivity contribution in [1.82, 2.24) is 20.2 Å². The number of fused-ring (bicyclic) bond motifs is 1. The van der Waals surface area contributed by atoms with Gasteiger partial charge in [-0.2, -0.15) is 15.1 Å². The molecule has 2 aromatic rings. The Morgan fingerprint density at radius 3 is 3.21 bits per heavy atom. The molecule has 1 atom stereocenters. The predicted octanol–water partition coefficient (Wildman–Crippen LogP) is 1.22. The maximum absolute atomic E-state index is 5.88. The lowest BCUT2D eigenvalue weighted by atomic mass is 10.0. The van der Waals surface area contributed by atoms with Crippen LogP contribution in [-0.2, 0) is 9.47 Å². The van der Waals surface area contributed by atoms with Crippen molar-refractivity contribution in [2.24, 2.45) is 0 Å². The normalized spacial score (nSPS) is 23.1. The van der Waals surface area contributed by atoms with Crippen molar-refractivity contribution in [2.75, 3.05) is 32.2 Å². The number of rotatable bonds is 4. The maximum atomic E-state index is 5.88. The Labute approximate surface area is 114 Å². The van der Waals surface area contributed by atoms with Crippen molar-refractivity contribution in [3.63, 3.8) is 0 Å². The summed E-state index contributed by atoms with van der Waals surface area (Å²) in [7, 11) is 1.69. The second-order valence-corrected chi connectivity index (χ2v) is 4.85. The van der Waals surface area contributed by atoms with Crippen molar-refractivity contribution in [2.45, 2.75) is 12.0 Å². The van der Waals surface area contributed by atoms with E-state index >= 15 is 0 Å². The lowest BCUT2D eigenvalue weighted by Crippen LogP contribution is -2.39. The summed E-state index contributed by atoms with van der Waals surface area (Å²) in [5.41, 5.74) is 0.296. The fourth-order valence-corrected chi connectivity index (χ4v) is 2.32. The van der Waals surface area contributed by atoms with E-state index < -0.39 is 0 Å². The van der Waals surface area contributed by atoms with Gasteiger partial charge in [0.15, 0.2) is 5.65 Å². The standard InChI is InChI=1S/C11H14ClN5O2/c1-18-11(2-3-19-6-11)5-13-8-7-4-14-17-9(7)16-10(12)15-8/h4H,2-3,5-6H2,1H3,(H2,13,14,15,16,17). The lowest BCUT2D eigenvalue weighted by Gasteiger charge is -2.26. The molecular formula is C11H14ClN5O2. The molecular weight excluding hydrogens is 270 g/mol. The minimum Gasteiger partial charge on any atom is -0.378 e. The first kappa shape index (κ1) is 12.6. The summed E-state index contributed by atoms with van der Waals surface area (Å²) >= 11 is 5.88. The third kappa shape index (κ3) is 2.36. The van der Waals surface area contributed by atoms with E-state index in [0.717, 1.165) is 11.8 Å². The van der Waals surface area contributed by atoms with Gasteiger partial charge in [-0.3, -0.25) is 5.10 Å². The first-order chi connectivity index (χ1) is 9.22. The number of methoxy groups -OCH3 is 1. The second-order valence-electron chi connectivity index (χ2n) is 4.52. The van der Waals surface area contributed by atoms with Crippen LogP contribution in [-0.4, -0.2) is 52.6 Å². The van der Waals surface area contributed by atoms with Crippen LogP contribution < -0.4 is 5.32 Å². The van der Waals surface area contributed by atoms with Crippen LogP contribution in [0, 0.1) is 0 Å². The van der Waals surface area contributed by atoms with Gasteiger partial charge in [0.05, 0.1) is 18.2 Å². The van der Waals surface area contributed by atoms with Gasteiger partial charge in [-0.25, -0.2) is 0 Å². The summed E-state index contributed by atoms with van der Waals surface area (Å²) in [6.07, 6.45) is 2.52. The number of hydrogen-bond donors (Lipinski definition) is 2. The van der Waals surface area contributed by atoms with Crippen molar-refractivity contribution >= 4 is 28.5 Å². The molecule has 1 aliphatic heterocycles. The van der Waals surface area contributed by atoms with Crippen LogP contribution in [0.2, 0.25) is 5.28 Å². The Bertz CT molecular complexity index is 581. The zero-order chi connectivity index (χ0) is 13.3. The van der Waals surface area contributed by atoms with Gasteiger partial charge >= 0.3 is 0 Å². The first-order valence-corrected chi connectivity index (χ1v) is 6.34. The van der Waals surface area contributed by atoms with Gasteiger partial charge in [-0.15, -0.1) is 0 Å². The van der Waals surface area contributed by atoms with Gasteiger partial charge in [-0.05, 0) is 11.6 Å². The Morgan fingerprint density at radius 1 is 1.58 bits per heavy atom. The molecule has 0 bridgehead atoms. The molecule has 0 amide bonds. The molecule has 7 nitrogen and oxygen atoms in total. The van der Waals surface area contributed by atoms with E-state index in [9.17, 15) is 0 Å². The zero-order valence-corrected chi connectivity index (χ0v) is 11.2. The fraction of sp³-hybridized carbons (Fsp3) is 0.545. The van der Waals surface area contributed by atoms with Gasteiger partial charge in [0, 0.05) is 26.7 Å². The predicted molar refractivity (Wildman–Crippen MR) is 70.4 cm³/mol. The number of ether oxygens (including phenoxy) is 2. The molecule has 102 valence electrons. The van der Waals surface area contributed by atoms with Gasteiger partial charge in [0.25, 0.3) is 0 Å². The number of aromatic nitrogens is 4. The molecule has 0 radical (unpaired) electrons. The van der Waals surface area contributed by atoms with E-state index in [0.29, 0.717) is 31.2 Å². The third-order valence-corrected chi connectivity index (χ3v) is 3.53. The number of anilines is 1. The van der Waals surface area contributed by atoms with E-state index in [1.807, 2.05) is 0 Å². The van der Waals surface area contributed by atoms with Crippen molar-refractivity contribution < 1.29 is 9.47 Å². The summed E-state index contributed by atoms with van der Waals surface area (Å²) in [6.45, 7) is 1.88. The van der Waals surface area contributed by atoms with E-state index in [1.54, 1.807) is 13.3 Å². The number of nitrogens with zero attached hydrogens (tertiary/aromatic N) is 3. The van der Waals surface area contributed by atoms with E-state index in [-0.39, 0.29) is 10.9 Å². The monoisotopic (exact) mass is 283 g/mol. The summed E-state index contributed by atoms with van der Waals surface area (Å²) in [4.78, 5) is 8.24. The number of H-pyrrole nitrogens is 1. The number of nitrogens with one attached hydrogen (secondary N) is 2. The molecule has 1 saturated heterocycles. The molecule has 2 N–H and O–H groups in total. The van der Waals surface area contributed by atoms with E-state index in [2.05, 4.69) is 25.5 Å². The number of hydrogen-bond acceptors (Lipinski definition) is 6. The molecule has 0 spiro atoms. The smallest absolute Gasteiger partial charge is 0.226 e. The SMILES string of the molecule is COC1(CNc2nc(Cl)nc3[nH]ncc23)CCOC1. The van der Waals surface area contributed by atoms with Crippen LogP contribution in [0.5, 0.6) is 0 Å². The van der Waals surface area contributed by atoms with E-state index in [4.69, 9.17) is 21.1 Å². The van der Waals surface area contributed by atoms with Gasteiger partial charge in [0.1, 0.15) is 11.4 Å². The molecule has 3 rings (SSSR count). The topological polar surface area (TPSA) is 85.0 Å². The minimum absolute atomic E-state index is 0.174. The van der Waals surface area contributed by atoms with Gasteiger partial charge in [0.2, 0.25) is 5.28 Å². The number of aromatic amines is 1. The van der Waals surface area contributed by atoms with Crippen LogP contribution in [0.15, 0.2) is 6.20 Å². The molecule has 1 aliphatic rings. The van der Waals surface area contributed by atoms with Crippen LogP contribution in [0.4, 0.5) is 5.82 Å². The van der Waals surface area contributed by atoms with Crippen LogP contribution >= 0.6 is 11.6 Å². The highest BCUT2D eigenvalue weighted by atomic mass is 35.5. The average Bonchev–Trinajstić information content (AvgIpc) is 3.05.